The fourth-order valence-electron chi connectivity index (χ4n) is 2.80. The second-order valence-corrected chi connectivity index (χ2v) is 5.62. The molecule has 3 rings (SSSR count). The molecular weight excluding hydrogens is 272 g/mol. The predicted octanol–water partition coefficient (Wildman–Crippen LogP) is 2.13. The average molecular weight is 292 g/mol. The molecule has 6 nitrogen and oxygen atoms in total. The number of nitrogens with one attached hydrogen (secondary N) is 1. The topological polar surface area (TPSA) is 73.6 Å². The summed E-state index contributed by atoms with van der Waals surface area (Å²) in [6.07, 6.45) is 4.03. The Hall–Kier alpha value is -1.66. The first kappa shape index (κ1) is 14.3. The van der Waals surface area contributed by atoms with Gasteiger partial charge in [0.1, 0.15) is 12.4 Å². The smallest absolute Gasteiger partial charge is 0.269 e. The maximum atomic E-state index is 10.6. The summed E-state index contributed by atoms with van der Waals surface area (Å²) in [4.78, 5) is 10.1. The van der Waals surface area contributed by atoms with Gasteiger partial charge >= 0.3 is 0 Å². The van der Waals surface area contributed by atoms with Crippen molar-refractivity contribution in [2.45, 2.75) is 31.4 Å². The first-order valence-corrected chi connectivity index (χ1v) is 7.46. The van der Waals surface area contributed by atoms with E-state index in [1.807, 2.05) is 0 Å². The number of non-ortho nitro benzene ring substituents is 1. The minimum atomic E-state index is -0.413. The minimum absolute atomic E-state index is 0.0795. The third kappa shape index (κ3) is 3.71. The summed E-state index contributed by atoms with van der Waals surface area (Å²) < 4.78 is 11.4. The maximum Gasteiger partial charge on any atom is 0.269 e. The second kappa shape index (κ2) is 6.41. The molecule has 1 aliphatic carbocycles. The molecule has 2 aliphatic rings. The predicted molar refractivity (Wildman–Crippen MR) is 77.5 cm³/mol. The normalized spacial score (nSPS) is 25.0. The van der Waals surface area contributed by atoms with Crippen molar-refractivity contribution in [2.24, 2.45) is 5.92 Å². The molecule has 21 heavy (non-hydrogen) atoms. The van der Waals surface area contributed by atoms with E-state index in [0.717, 1.165) is 25.5 Å². The second-order valence-electron chi connectivity index (χ2n) is 5.62. The van der Waals surface area contributed by atoms with Crippen molar-refractivity contribution in [1.82, 2.24) is 5.32 Å². The summed E-state index contributed by atoms with van der Waals surface area (Å²) in [5, 5.41) is 14.0. The molecule has 2 unspecified atom stereocenters. The van der Waals surface area contributed by atoms with E-state index in [0.29, 0.717) is 24.5 Å². The van der Waals surface area contributed by atoms with Gasteiger partial charge in [0, 0.05) is 31.3 Å². The highest BCUT2D eigenvalue weighted by Crippen LogP contribution is 2.38. The van der Waals surface area contributed by atoms with E-state index in [2.05, 4.69) is 5.32 Å². The van der Waals surface area contributed by atoms with Crippen LogP contribution in [0.1, 0.15) is 19.3 Å². The van der Waals surface area contributed by atoms with Crippen LogP contribution < -0.4 is 10.1 Å². The number of hydrogen-bond donors (Lipinski definition) is 1. The number of benzene rings is 1. The summed E-state index contributed by atoms with van der Waals surface area (Å²) in [7, 11) is 0. The van der Waals surface area contributed by atoms with E-state index in [4.69, 9.17) is 9.47 Å². The van der Waals surface area contributed by atoms with Crippen LogP contribution in [-0.4, -0.2) is 36.8 Å². The monoisotopic (exact) mass is 292 g/mol. The summed E-state index contributed by atoms with van der Waals surface area (Å²) in [6.45, 7) is 2.15. The minimum Gasteiger partial charge on any atom is -0.492 e. The molecule has 1 aromatic carbocycles. The SMILES string of the molecule is O=[N+]([O-])c1ccc(OCCNC2CCOC2C2CC2)cc1. The summed E-state index contributed by atoms with van der Waals surface area (Å²) in [5.41, 5.74) is 0.0795. The van der Waals surface area contributed by atoms with Gasteiger partial charge in [0.05, 0.1) is 11.0 Å². The van der Waals surface area contributed by atoms with E-state index in [9.17, 15) is 10.1 Å². The molecule has 1 aliphatic heterocycles. The third-order valence-electron chi connectivity index (χ3n) is 4.05. The van der Waals surface area contributed by atoms with Gasteiger partial charge in [-0.25, -0.2) is 0 Å². The number of rotatable bonds is 7. The van der Waals surface area contributed by atoms with Crippen molar-refractivity contribution in [3.8, 4) is 5.75 Å². The van der Waals surface area contributed by atoms with Crippen LogP contribution in [0.4, 0.5) is 5.69 Å². The van der Waals surface area contributed by atoms with E-state index >= 15 is 0 Å². The fraction of sp³-hybridized carbons (Fsp3) is 0.600. The zero-order chi connectivity index (χ0) is 14.7. The van der Waals surface area contributed by atoms with Crippen molar-refractivity contribution in [1.29, 1.82) is 0 Å². The fourth-order valence-corrected chi connectivity index (χ4v) is 2.80. The lowest BCUT2D eigenvalue weighted by molar-refractivity contribution is -0.384. The Bertz CT molecular complexity index is 487. The highest BCUT2D eigenvalue weighted by Gasteiger charge is 2.40. The molecule has 0 bridgehead atoms. The molecule has 1 aromatic rings. The lowest BCUT2D eigenvalue weighted by Crippen LogP contribution is -2.39. The highest BCUT2D eigenvalue weighted by atomic mass is 16.6. The molecule has 0 radical (unpaired) electrons. The average Bonchev–Trinajstić information content (AvgIpc) is 3.23. The molecule has 0 aromatic heterocycles. The molecule has 0 spiro atoms. The lowest BCUT2D eigenvalue weighted by atomic mass is 10.1. The van der Waals surface area contributed by atoms with Crippen molar-refractivity contribution < 1.29 is 14.4 Å². The number of nitro groups is 1. The van der Waals surface area contributed by atoms with Gasteiger partial charge in [0.25, 0.3) is 5.69 Å². The summed E-state index contributed by atoms with van der Waals surface area (Å²) >= 11 is 0. The molecule has 1 N–H and O–H groups in total. The standard InChI is InChI=1S/C15H20N2O4/c18-17(19)12-3-5-13(6-4-12)20-10-8-16-14-7-9-21-15(14)11-1-2-11/h3-6,11,14-16H,1-2,7-10H2. The Morgan fingerprint density at radius 1 is 1.29 bits per heavy atom. The van der Waals surface area contributed by atoms with Crippen molar-refractivity contribution >= 4 is 5.69 Å². The van der Waals surface area contributed by atoms with Crippen LogP contribution in [0.5, 0.6) is 5.75 Å². The van der Waals surface area contributed by atoms with E-state index in [1.165, 1.54) is 25.0 Å². The summed E-state index contributed by atoms with van der Waals surface area (Å²) in [6, 6.07) is 6.61. The van der Waals surface area contributed by atoms with Crippen molar-refractivity contribution in [2.75, 3.05) is 19.8 Å². The molecule has 6 heteroatoms. The van der Waals surface area contributed by atoms with Crippen LogP contribution in [0, 0.1) is 16.0 Å². The largest absolute Gasteiger partial charge is 0.492 e. The number of ether oxygens (including phenoxy) is 2. The number of nitro benzene ring substituents is 1. The highest BCUT2D eigenvalue weighted by molar-refractivity contribution is 5.35. The molecule has 1 saturated carbocycles. The lowest BCUT2D eigenvalue weighted by Gasteiger charge is -2.19. The van der Waals surface area contributed by atoms with E-state index in [1.54, 1.807) is 12.1 Å². The van der Waals surface area contributed by atoms with Gasteiger partial charge in [-0.3, -0.25) is 10.1 Å². The molecular formula is C15H20N2O4. The molecule has 114 valence electrons. The summed E-state index contributed by atoms with van der Waals surface area (Å²) in [5.74, 6) is 1.41. The van der Waals surface area contributed by atoms with Gasteiger partial charge in [-0.2, -0.15) is 0 Å². The molecule has 2 fully saturated rings. The van der Waals surface area contributed by atoms with E-state index in [-0.39, 0.29) is 5.69 Å². The molecule has 0 amide bonds. The van der Waals surface area contributed by atoms with Crippen LogP contribution in [0.25, 0.3) is 0 Å². The van der Waals surface area contributed by atoms with Gasteiger partial charge in [-0.1, -0.05) is 0 Å². The first-order valence-electron chi connectivity index (χ1n) is 7.46. The number of nitrogens with zero attached hydrogens (tertiary/aromatic N) is 1. The van der Waals surface area contributed by atoms with Crippen LogP contribution in [0.3, 0.4) is 0 Å². The zero-order valence-electron chi connectivity index (χ0n) is 11.9. The molecule has 2 atom stereocenters. The first-order chi connectivity index (χ1) is 10.2. The Kier molecular flexibility index (Phi) is 4.36. The maximum absolute atomic E-state index is 10.6. The van der Waals surface area contributed by atoms with Gasteiger partial charge < -0.3 is 14.8 Å². The van der Waals surface area contributed by atoms with E-state index < -0.39 is 4.92 Å². The van der Waals surface area contributed by atoms with Crippen molar-refractivity contribution in [3.05, 3.63) is 34.4 Å². The van der Waals surface area contributed by atoms with Crippen LogP contribution in [0.2, 0.25) is 0 Å². The van der Waals surface area contributed by atoms with Gasteiger partial charge in [0.2, 0.25) is 0 Å². The Morgan fingerprint density at radius 2 is 2.05 bits per heavy atom. The third-order valence-corrected chi connectivity index (χ3v) is 4.05. The quantitative estimate of drug-likeness (QED) is 0.473. The van der Waals surface area contributed by atoms with Crippen LogP contribution in [0.15, 0.2) is 24.3 Å². The van der Waals surface area contributed by atoms with Crippen LogP contribution >= 0.6 is 0 Å². The van der Waals surface area contributed by atoms with Crippen molar-refractivity contribution in [3.63, 3.8) is 0 Å². The molecule has 1 saturated heterocycles. The van der Waals surface area contributed by atoms with Gasteiger partial charge in [0.15, 0.2) is 0 Å². The Morgan fingerprint density at radius 3 is 2.71 bits per heavy atom. The number of hydrogen-bond acceptors (Lipinski definition) is 5. The van der Waals surface area contributed by atoms with Crippen LogP contribution in [-0.2, 0) is 4.74 Å². The Balaban J connectivity index is 1.38. The van der Waals surface area contributed by atoms with Gasteiger partial charge in [-0.05, 0) is 37.3 Å². The molecule has 1 heterocycles. The Labute approximate surface area is 123 Å². The zero-order valence-corrected chi connectivity index (χ0v) is 11.9. The van der Waals surface area contributed by atoms with Gasteiger partial charge in [-0.15, -0.1) is 0 Å².